The third-order valence-electron chi connectivity index (χ3n) is 5.40. The molecule has 1 amide bonds. The highest BCUT2D eigenvalue weighted by Gasteiger charge is 2.33. The zero-order valence-corrected chi connectivity index (χ0v) is 16.2. The van der Waals surface area contributed by atoms with E-state index in [9.17, 15) is 9.90 Å². The molecule has 1 fully saturated rings. The van der Waals surface area contributed by atoms with Gasteiger partial charge in [-0.1, -0.05) is 61.7 Å². The van der Waals surface area contributed by atoms with Crippen LogP contribution < -0.4 is 5.32 Å². The second-order valence-electron chi connectivity index (χ2n) is 7.89. The number of benzene rings is 2. The number of rotatable bonds is 7. The van der Waals surface area contributed by atoms with Gasteiger partial charge in [0.05, 0.1) is 6.54 Å². The van der Waals surface area contributed by atoms with Crippen molar-refractivity contribution in [1.29, 1.82) is 0 Å². The van der Waals surface area contributed by atoms with Crippen molar-refractivity contribution in [2.24, 2.45) is 0 Å². The molecule has 0 unspecified atom stereocenters. The van der Waals surface area contributed by atoms with Crippen LogP contribution in [0.1, 0.15) is 43.2 Å². The van der Waals surface area contributed by atoms with Gasteiger partial charge in [-0.15, -0.1) is 0 Å². The van der Waals surface area contributed by atoms with E-state index in [4.69, 9.17) is 0 Å². The molecule has 27 heavy (non-hydrogen) atoms. The number of phenolic OH excluding ortho intramolecular Hbond substituents is 1. The smallest absolute Gasteiger partial charge is 0.234 e. The summed E-state index contributed by atoms with van der Waals surface area (Å²) in [5, 5.41) is 12.9. The lowest BCUT2D eigenvalue weighted by Gasteiger charge is -2.39. The average molecular weight is 367 g/mol. The molecular weight excluding hydrogens is 336 g/mol. The van der Waals surface area contributed by atoms with Gasteiger partial charge in [0, 0.05) is 12.1 Å². The van der Waals surface area contributed by atoms with Crippen LogP contribution in [0, 0.1) is 0 Å². The fourth-order valence-corrected chi connectivity index (χ4v) is 4.11. The van der Waals surface area contributed by atoms with Gasteiger partial charge in [0.1, 0.15) is 5.75 Å². The zero-order valence-electron chi connectivity index (χ0n) is 16.2. The lowest BCUT2D eigenvalue weighted by molar-refractivity contribution is -0.124. The number of aromatic hydroxyl groups is 1. The summed E-state index contributed by atoms with van der Waals surface area (Å²) in [6.45, 7) is 1.16. The predicted octanol–water partition coefficient (Wildman–Crippen LogP) is 3.89. The minimum atomic E-state index is -0.167. The first-order chi connectivity index (χ1) is 13.0. The van der Waals surface area contributed by atoms with Crippen molar-refractivity contribution in [1.82, 2.24) is 10.2 Å². The summed E-state index contributed by atoms with van der Waals surface area (Å²) in [6, 6.07) is 17.6. The number of likely N-dealkylation sites (N-methyl/N-ethyl adjacent to an activating group) is 1. The van der Waals surface area contributed by atoms with Crippen molar-refractivity contribution in [3.63, 3.8) is 0 Å². The Kier molecular flexibility index (Phi) is 6.51. The summed E-state index contributed by atoms with van der Waals surface area (Å²) >= 11 is 0. The number of nitrogens with zero attached hydrogens (tertiary/aromatic N) is 1. The van der Waals surface area contributed by atoms with Gasteiger partial charge in [-0.2, -0.15) is 0 Å². The Morgan fingerprint density at radius 3 is 2.33 bits per heavy atom. The maximum atomic E-state index is 12.8. The Hall–Kier alpha value is -2.33. The van der Waals surface area contributed by atoms with Crippen molar-refractivity contribution < 1.29 is 9.90 Å². The summed E-state index contributed by atoms with van der Waals surface area (Å²) in [6.07, 6.45) is 6.39. The Balaban J connectivity index is 1.61. The minimum absolute atomic E-state index is 0.0918. The predicted molar refractivity (Wildman–Crippen MR) is 109 cm³/mol. The van der Waals surface area contributed by atoms with Crippen LogP contribution in [0.4, 0.5) is 0 Å². The molecular formula is C23H30N2O2. The Bertz CT molecular complexity index is 722. The quantitative estimate of drug-likeness (QED) is 0.782. The highest BCUT2D eigenvalue weighted by molar-refractivity contribution is 5.79. The van der Waals surface area contributed by atoms with Gasteiger partial charge in [-0.3, -0.25) is 9.69 Å². The summed E-state index contributed by atoms with van der Waals surface area (Å²) in [5.74, 6) is 0.372. The zero-order chi connectivity index (χ0) is 19.1. The highest BCUT2D eigenvalue weighted by Crippen LogP contribution is 2.32. The normalized spacial score (nSPS) is 16.2. The summed E-state index contributed by atoms with van der Waals surface area (Å²) < 4.78 is 0. The minimum Gasteiger partial charge on any atom is -0.508 e. The number of carbonyl (C=O) groups is 1. The molecule has 0 heterocycles. The van der Waals surface area contributed by atoms with Crippen LogP contribution in [0.25, 0.3) is 0 Å². The second-order valence-corrected chi connectivity index (χ2v) is 7.89. The average Bonchev–Trinajstić information content (AvgIpc) is 2.65. The molecule has 0 radical (unpaired) electrons. The monoisotopic (exact) mass is 366 g/mol. The first kappa shape index (κ1) is 19.4. The molecule has 0 aliphatic heterocycles. The molecule has 0 aromatic heterocycles. The van der Waals surface area contributed by atoms with Crippen molar-refractivity contribution in [3.8, 4) is 5.75 Å². The topological polar surface area (TPSA) is 52.6 Å². The van der Waals surface area contributed by atoms with Gasteiger partial charge in [0.15, 0.2) is 0 Å². The third kappa shape index (κ3) is 5.83. The van der Waals surface area contributed by atoms with Crippen molar-refractivity contribution in [2.75, 3.05) is 13.6 Å². The molecule has 2 N–H and O–H groups in total. The summed E-state index contributed by atoms with van der Waals surface area (Å²) in [4.78, 5) is 14.8. The molecule has 2 aromatic carbocycles. The molecule has 2 aromatic rings. The van der Waals surface area contributed by atoms with E-state index >= 15 is 0 Å². The first-order valence-electron chi connectivity index (χ1n) is 9.86. The van der Waals surface area contributed by atoms with Crippen LogP contribution in [-0.2, 0) is 17.8 Å². The molecule has 0 saturated heterocycles. The summed E-state index contributed by atoms with van der Waals surface area (Å²) in [5.41, 5.74) is 2.21. The first-order valence-corrected chi connectivity index (χ1v) is 9.86. The van der Waals surface area contributed by atoms with E-state index in [1.54, 1.807) is 12.1 Å². The lowest BCUT2D eigenvalue weighted by Crippen LogP contribution is -2.53. The molecule has 3 rings (SSSR count). The molecule has 4 nitrogen and oxygen atoms in total. The van der Waals surface area contributed by atoms with Crippen LogP contribution in [0.15, 0.2) is 54.6 Å². The van der Waals surface area contributed by atoms with E-state index in [2.05, 4.69) is 22.3 Å². The van der Waals surface area contributed by atoms with Gasteiger partial charge in [-0.05, 0) is 49.6 Å². The Labute approximate surface area is 162 Å². The number of phenols is 1. The maximum Gasteiger partial charge on any atom is 0.234 e. The van der Waals surface area contributed by atoms with Crippen LogP contribution in [0.2, 0.25) is 0 Å². The van der Waals surface area contributed by atoms with Gasteiger partial charge in [-0.25, -0.2) is 0 Å². The molecule has 144 valence electrons. The maximum absolute atomic E-state index is 12.8. The molecule has 0 bridgehead atoms. The van der Waals surface area contributed by atoms with Gasteiger partial charge >= 0.3 is 0 Å². The molecule has 0 spiro atoms. The third-order valence-corrected chi connectivity index (χ3v) is 5.40. The van der Waals surface area contributed by atoms with E-state index in [0.29, 0.717) is 6.54 Å². The SMILES string of the molecule is CN(CC(=O)NC1(Cc2ccc(O)cc2)CCCCC1)Cc1ccccc1. The highest BCUT2D eigenvalue weighted by atomic mass is 16.3. The number of nitrogens with one attached hydrogen (secondary N) is 1. The molecule has 4 heteroatoms. The van der Waals surface area contributed by atoms with Crippen molar-refractivity contribution >= 4 is 5.91 Å². The number of carbonyl (C=O) groups excluding carboxylic acids is 1. The molecule has 1 saturated carbocycles. The standard InChI is InChI=1S/C23H30N2O2/c1-25(17-20-8-4-2-5-9-20)18-22(27)24-23(14-6-3-7-15-23)16-19-10-12-21(26)13-11-19/h2,4-5,8-13,26H,3,6-7,14-18H2,1H3,(H,24,27). The number of hydrogen-bond donors (Lipinski definition) is 2. The Morgan fingerprint density at radius 1 is 1.00 bits per heavy atom. The summed E-state index contributed by atoms with van der Waals surface area (Å²) in [7, 11) is 1.99. The Morgan fingerprint density at radius 2 is 1.67 bits per heavy atom. The van der Waals surface area contributed by atoms with Crippen LogP contribution >= 0.6 is 0 Å². The molecule has 0 atom stereocenters. The lowest BCUT2D eigenvalue weighted by atomic mass is 9.77. The van der Waals surface area contributed by atoms with Crippen molar-refractivity contribution in [2.45, 2.75) is 50.6 Å². The fourth-order valence-electron chi connectivity index (χ4n) is 4.11. The van der Waals surface area contributed by atoms with E-state index < -0.39 is 0 Å². The largest absolute Gasteiger partial charge is 0.508 e. The van der Waals surface area contributed by atoms with E-state index in [1.165, 1.54) is 12.0 Å². The molecule has 1 aliphatic carbocycles. The van der Waals surface area contributed by atoms with Crippen LogP contribution in [0.5, 0.6) is 5.75 Å². The van der Waals surface area contributed by atoms with Gasteiger partial charge < -0.3 is 10.4 Å². The van der Waals surface area contributed by atoms with Crippen LogP contribution in [-0.4, -0.2) is 35.0 Å². The fraction of sp³-hybridized carbons (Fsp3) is 0.435. The van der Waals surface area contributed by atoms with Gasteiger partial charge in [0.2, 0.25) is 5.91 Å². The molecule has 1 aliphatic rings. The van der Waals surface area contributed by atoms with E-state index in [0.717, 1.165) is 44.2 Å². The van der Waals surface area contributed by atoms with Crippen LogP contribution in [0.3, 0.4) is 0 Å². The van der Waals surface area contributed by atoms with Gasteiger partial charge in [0.25, 0.3) is 0 Å². The van der Waals surface area contributed by atoms with E-state index in [1.807, 2.05) is 37.4 Å². The second kappa shape index (κ2) is 9.05. The van der Waals surface area contributed by atoms with Crippen molar-refractivity contribution in [3.05, 3.63) is 65.7 Å². The number of hydrogen-bond acceptors (Lipinski definition) is 3. The number of amides is 1. The van der Waals surface area contributed by atoms with E-state index in [-0.39, 0.29) is 17.2 Å².